The van der Waals surface area contributed by atoms with Crippen molar-refractivity contribution >= 4 is 12.0 Å². The van der Waals surface area contributed by atoms with Crippen molar-refractivity contribution in [3.05, 3.63) is 0 Å². The Kier molecular flexibility index (Phi) is 17.1. The molecular formula is C19H36N2O3. The number of ether oxygens (including phenoxy) is 1. The maximum atomic E-state index is 11.0. The van der Waals surface area contributed by atoms with E-state index in [1.807, 2.05) is 0 Å². The number of unbranched alkanes of at least 4 members (excludes halogenated alkanes) is 13. The number of hydrogen-bond acceptors (Lipinski definition) is 3. The Morgan fingerprint density at radius 1 is 0.667 bits per heavy atom. The first-order valence-corrected chi connectivity index (χ1v) is 9.76. The largest absolute Gasteiger partial charge is 0.452 e. The summed E-state index contributed by atoms with van der Waals surface area (Å²) in [6.45, 7) is 3.85. The van der Waals surface area contributed by atoms with Gasteiger partial charge in [0.1, 0.15) is 0 Å². The highest BCUT2D eigenvalue weighted by atomic mass is 16.5. The molecule has 0 heterocycles. The van der Waals surface area contributed by atoms with Crippen molar-refractivity contribution in [1.82, 2.24) is 0 Å². The van der Waals surface area contributed by atoms with Crippen molar-refractivity contribution in [3.63, 3.8) is 0 Å². The lowest BCUT2D eigenvalue weighted by molar-refractivity contribution is -0.116. The Balaban J connectivity index is 3.15. The smallest absolute Gasteiger partial charge is 0.447 e. The summed E-state index contributed by atoms with van der Waals surface area (Å²) in [5.74, 6) is -0.497. The number of nitrogens with zero attached hydrogens (tertiary/aromatic N) is 2. The van der Waals surface area contributed by atoms with Crippen LogP contribution in [0.3, 0.4) is 0 Å². The lowest BCUT2D eigenvalue weighted by atomic mass is 10.0. The normalized spacial score (nSPS) is 11.1. The molecule has 0 aliphatic heterocycles. The third kappa shape index (κ3) is 18.8. The van der Waals surface area contributed by atoms with E-state index >= 15 is 0 Å². The first-order valence-electron chi connectivity index (χ1n) is 9.76. The molecule has 0 aromatic carbocycles. The minimum absolute atomic E-state index is 0.355. The predicted molar refractivity (Wildman–Crippen MR) is 97.2 cm³/mol. The summed E-state index contributed by atoms with van der Waals surface area (Å²) >= 11 is 0. The second-order valence-corrected chi connectivity index (χ2v) is 6.43. The summed E-state index contributed by atoms with van der Waals surface area (Å²) in [7, 11) is 0. The van der Waals surface area contributed by atoms with Gasteiger partial charge in [0.05, 0.1) is 6.61 Å². The van der Waals surface area contributed by atoms with Gasteiger partial charge in [-0.25, -0.2) is 4.79 Å². The molecule has 0 aromatic heterocycles. The highest BCUT2D eigenvalue weighted by molar-refractivity contribution is 5.76. The van der Waals surface area contributed by atoms with E-state index in [9.17, 15) is 9.59 Å². The Labute approximate surface area is 147 Å². The molecule has 5 nitrogen and oxygen atoms in total. The molecule has 0 spiro atoms. The van der Waals surface area contributed by atoms with Crippen molar-refractivity contribution in [2.45, 2.75) is 104 Å². The molecule has 0 rings (SSSR count). The summed E-state index contributed by atoms with van der Waals surface area (Å²) in [5, 5.41) is 6.27. The fourth-order valence-corrected chi connectivity index (χ4v) is 2.60. The van der Waals surface area contributed by atoms with Crippen molar-refractivity contribution in [1.29, 1.82) is 0 Å². The molecule has 0 aliphatic carbocycles. The van der Waals surface area contributed by atoms with Crippen molar-refractivity contribution in [3.8, 4) is 0 Å². The maximum Gasteiger partial charge on any atom is 0.452 e. The van der Waals surface area contributed by atoms with Crippen LogP contribution in [-0.4, -0.2) is 18.6 Å². The average molecular weight is 341 g/mol. The van der Waals surface area contributed by atoms with Gasteiger partial charge in [-0.05, 0) is 6.42 Å². The molecule has 0 radical (unpaired) electrons. The number of carbonyl (C=O) groups is 2. The van der Waals surface area contributed by atoms with Gasteiger partial charge >= 0.3 is 6.09 Å². The minimum atomic E-state index is -0.778. The molecule has 0 atom stereocenters. The molecule has 24 heavy (non-hydrogen) atoms. The highest BCUT2D eigenvalue weighted by Gasteiger charge is 2.00. The zero-order valence-electron chi connectivity index (χ0n) is 15.7. The van der Waals surface area contributed by atoms with Crippen LogP contribution >= 0.6 is 0 Å². The zero-order chi connectivity index (χ0) is 17.9. The van der Waals surface area contributed by atoms with Gasteiger partial charge in [0, 0.05) is 6.92 Å². The zero-order valence-corrected chi connectivity index (χ0v) is 15.7. The van der Waals surface area contributed by atoms with Crippen LogP contribution in [0.25, 0.3) is 0 Å². The van der Waals surface area contributed by atoms with Gasteiger partial charge < -0.3 is 4.74 Å². The summed E-state index contributed by atoms with van der Waals surface area (Å²) in [5.41, 5.74) is 0. The fourth-order valence-electron chi connectivity index (χ4n) is 2.60. The quantitative estimate of drug-likeness (QED) is 0.249. The van der Waals surface area contributed by atoms with Gasteiger partial charge in [0.25, 0.3) is 5.91 Å². The fraction of sp³-hybridized carbons (Fsp3) is 0.895. The number of azo groups is 1. The van der Waals surface area contributed by atoms with E-state index in [0.29, 0.717) is 6.61 Å². The van der Waals surface area contributed by atoms with Crippen molar-refractivity contribution in [2.75, 3.05) is 6.61 Å². The van der Waals surface area contributed by atoms with Gasteiger partial charge in [-0.15, -0.1) is 5.11 Å². The number of carbonyl (C=O) groups excluding carboxylic acids is 2. The standard InChI is InChI=1S/C19H36N2O3/c1-3-4-5-6-7-8-9-10-11-12-13-14-15-16-17-24-19(23)21-20-18(2)22/h3-17H2,1-2H3. The van der Waals surface area contributed by atoms with Gasteiger partial charge in [0.2, 0.25) is 0 Å². The Morgan fingerprint density at radius 2 is 1.08 bits per heavy atom. The SMILES string of the molecule is CCCCCCCCCCCCCCCCOC(=O)N=NC(C)=O. The summed E-state index contributed by atoms with van der Waals surface area (Å²) < 4.78 is 4.85. The third-order valence-corrected chi connectivity index (χ3v) is 4.00. The maximum absolute atomic E-state index is 11.0. The molecule has 140 valence electrons. The average Bonchev–Trinajstić information content (AvgIpc) is 2.56. The van der Waals surface area contributed by atoms with Crippen LogP contribution in [0.4, 0.5) is 4.79 Å². The van der Waals surface area contributed by atoms with E-state index in [2.05, 4.69) is 17.2 Å². The predicted octanol–water partition coefficient (Wildman–Crippen LogP) is 6.60. The van der Waals surface area contributed by atoms with Gasteiger partial charge in [0.15, 0.2) is 0 Å². The van der Waals surface area contributed by atoms with Gasteiger partial charge in [-0.3, -0.25) is 4.79 Å². The Hall–Kier alpha value is -1.26. The molecule has 0 unspecified atom stereocenters. The molecule has 0 saturated heterocycles. The molecule has 0 bridgehead atoms. The van der Waals surface area contributed by atoms with E-state index in [1.165, 1.54) is 84.0 Å². The van der Waals surface area contributed by atoms with Crippen LogP contribution in [0.15, 0.2) is 10.2 Å². The highest BCUT2D eigenvalue weighted by Crippen LogP contribution is 2.12. The van der Waals surface area contributed by atoms with E-state index in [4.69, 9.17) is 4.74 Å². The van der Waals surface area contributed by atoms with Crippen LogP contribution in [0, 0.1) is 0 Å². The van der Waals surface area contributed by atoms with Crippen LogP contribution in [0.2, 0.25) is 0 Å². The molecule has 2 amide bonds. The van der Waals surface area contributed by atoms with Crippen LogP contribution in [0.1, 0.15) is 104 Å². The lowest BCUT2D eigenvalue weighted by Gasteiger charge is -2.03. The molecule has 0 N–H and O–H groups in total. The second kappa shape index (κ2) is 18.1. The molecule has 0 aromatic rings. The first-order chi connectivity index (χ1) is 11.7. The summed E-state index contributed by atoms with van der Waals surface area (Å²) in [6.07, 6.45) is 17.3. The molecule has 5 heteroatoms. The number of amides is 2. The number of hydrogen-bond donors (Lipinski definition) is 0. The molecule has 0 aliphatic rings. The molecule has 0 fully saturated rings. The first kappa shape index (κ1) is 22.7. The molecular weight excluding hydrogens is 304 g/mol. The Bertz CT molecular complexity index is 344. The van der Waals surface area contributed by atoms with Crippen molar-refractivity contribution in [2.24, 2.45) is 10.2 Å². The van der Waals surface area contributed by atoms with Crippen molar-refractivity contribution < 1.29 is 14.3 Å². The van der Waals surface area contributed by atoms with E-state index in [1.54, 1.807) is 0 Å². The van der Waals surface area contributed by atoms with Crippen LogP contribution in [-0.2, 0) is 9.53 Å². The summed E-state index contributed by atoms with van der Waals surface area (Å²) in [6, 6.07) is 0. The Morgan fingerprint density at radius 3 is 1.50 bits per heavy atom. The summed E-state index contributed by atoms with van der Waals surface area (Å²) in [4.78, 5) is 21.5. The minimum Gasteiger partial charge on any atom is -0.447 e. The number of rotatable bonds is 15. The van der Waals surface area contributed by atoms with Gasteiger partial charge in [-0.2, -0.15) is 0 Å². The van der Waals surface area contributed by atoms with E-state index < -0.39 is 12.0 Å². The van der Waals surface area contributed by atoms with E-state index in [0.717, 1.165) is 12.8 Å². The van der Waals surface area contributed by atoms with E-state index in [-0.39, 0.29) is 0 Å². The monoisotopic (exact) mass is 340 g/mol. The van der Waals surface area contributed by atoms with Crippen LogP contribution in [0.5, 0.6) is 0 Å². The second-order valence-electron chi connectivity index (χ2n) is 6.43. The molecule has 0 saturated carbocycles. The third-order valence-electron chi connectivity index (χ3n) is 4.00. The topological polar surface area (TPSA) is 68.1 Å². The lowest BCUT2D eigenvalue weighted by Crippen LogP contribution is -2.00. The van der Waals surface area contributed by atoms with Gasteiger partial charge in [-0.1, -0.05) is 95.5 Å². The van der Waals surface area contributed by atoms with Crippen LogP contribution < -0.4 is 0 Å².